The van der Waals surface area contributed by atoms with Crippen LogP contribution < -0.4 is 0 Å². The molecule has 4 nitrogen and oxygen atoms in total. The fourth-order valence-corrected chi connectivity index (χ4v) is 1.56. The Kier molecular flexibility index (Phi) is 6.53. The third-order valence-electron chi connectivity index (χ3n) is 2.51. The fourth-order valence-electron chi connectivity index (χ4n) is 1.56. The molecule has 0 aliphatic rings. The number of ether oxygens (including phenoxy) is 1. The van der Waals surface area contributed by atoms with Gasteiger partial charge >= 0.3 is 5.97 Å². The summed E-state index contributed by atoms with van der Waals surface area (Å²) in [5, 5.41) is 8.65. The Balaban J connectivity index is 2.53. The smallest absolute Gasteiger partial charge is 0.306 e. The van der Waals surface area contributed by atoms with Gasteiger partial charge in [-0.25, -0.2) is 0 Å². The van der Waals surface area contributed by atoms with Crippen molar-refractivity contribution in [2.24, 2.45) is 0 Å². The van der Waals surface area contributed by atoms with E-state index in [2.05, 4.69) is 0 Å². The zero-order valence-electron chi connectivity index (χ0n) is 11.0. The average molecular weight is 262 g/mol. The summed E-state index contributed by atoms with van der Waals surface area (Å²) in [5.41, 5.74) is 1.49. The number of esters is 1. The van der Waals surface area contributed by atoms with Crippen LogP contribution in [0, 0.1) is 0 Å². The maximum Gasteiger partial charge on any atom is 0.306 e. The maximum atomic E-state index is 11.8. The van der Waals surface area contributed by atoms with Gasteiger partial charge in [-0.3, -0.25) is 9.59 Å². The van der Waals surface area contributed by atoms with E-state index >= 15 is 0 Å². The molecule has 0 aliphatic carbocycles. The molecule has 0 spiro atoms. The van der Waals surface area contributed by atoms with Crippen LogP contribution >= 0.6 is 0 Å². The number of aliphatic hydroxyl groups is 1. The SMILES string of the molecule is CCOC(=O)CCC(=O)c1ccc(C=CCO)cc1. The lowest BCUT2D eigenvalue weighted by atomic mass is 10.0. The van der Waals surface area contributed by atoms with Crippen molar-refractivity contribution in [3.05, 3.63) is 41.5 Å². The monoisotopic (exact) mass is 262 g/mol. The Morgan fingerprint density at radius 3 is 2.47 bits per heavy atom. The first-order valence-corrected chi connectivity index (χ1v) is 6.23. The van der Waals surface area contributed by atoms with E-state index in [-0.39, 0.29) is 31.2 Å². The molecule has 1 aromatic carbocycles. The third-order valence-corrected chi connectivity index (χ3v) is 2.51. The van der Waals surface area contributed by atoms with Crippen LogP contribution in [0.5, 0.6) is 0 Å². The van der Waals surface area contributed by atoms with Crippen LogP contribution in [0.4, 0.5) is 0 Å². The van der Waals surface area contributed by atoms with E-state index in [1.165, 1.54) is 0 Å². The second-order valence-corrected chi connectivity index (χ2v) is 3.94. The Bertz CT molecular complexity index is 446. The highest BCUT2D eigenvalue weighted by Crippen LogP contribution is 2.10. The Morgan fingerprint density at radius 2 is 1.89 bits per heavy atom. The van der Waals surface area contributed by atoms with E-state index in [9.17, 15) is 9.59 Å². The summed E-state index contributed by atoms with van der Waals surface area (Å²) in [6.07, 6.45) is 3.66. The molecule has 0 aliphatic heterocycles. The van der Waals surface area contributed by atoms with E-state index < -0.39 is 0 Å². The number of Topliss-reactive ketones (excluding diaryl/α,β-unsaturated/α-hetero) is 1. The van der Waals surface area contributed by atoms with Gasteiger partial charge in [-0.15, -0.1) is 0 Å². The number of hydrogen-bond donors (Lipinski definition) is 1. The molecule has 4 heteroatoms. The summed E-state index contributed by atoms with van der Waals surface area (Å²) in [6.45, 7) is 2.05. The van der Waals surface area contributed by atoms with Crippen molar-refractivity contribution in [2.75, 3.05) is 13.2 Å². The van der Waals surface area contributed by atoms with E-state index in [4.69, 9.17) is 9.84 Å². The van der Waals surface area contributed by atoms with Crippen molar-refractivity contribution in [3.63, 3.8) is 0 Å². The molecule has 0 unspecified atom stereocenters. The van der Waals surface area contributed by atoms with Crippen LogP contribution in [0.15, 0.2) is 30.3 Å². The highest BCUT2D eigenvalue weighted by atomic mass is 16.5. The van der Waals surface area contributed by atoms with Crippen LogP contribution in [-0.4, -0.2) is 30.1 Å². The van der Waals surface area contributed by atoms with Gasteiger partial charge in [0, 0.05) is 12.0 Å². The normalized spacial score (nSPS) is 10.6. The molecular weight excluding hydrogens is 244 g/mol. The van der Waals surface area contributed by atoms with Crippen molar-refractivity contribution in [2.45, 2.75) is 19.8 Å². The highest BCUT2D eigenvalue weighted by molar-refractivity contribution is 5.97. The van der Waals surface area contributed by atoms with Gasteiger partial charge in [0.25, 0.3) is 0 Å². The lowest BCUT2D eigenvalue weighted by molar-refractivity contribution is -0.143. The summed E-state index contributed by atoms with van der Waals surface area (Å²) < 4.78 is 4.77. The molecule has 0 radical (unpaired) electrons. The maximum absolute atomic E-state index is 11.8. The number of carbonyl (C=O) groups excluding carboxylic acids is 2. The van der Waals surface area contributed by atoms with Gasteiger partial charge in [-0.05, 0) is 12.5 Å². The molecule has 1 rings (SSSR count). The van der Waals surface area contributed by atoms with E-state index in [1.807, 2.05) is 0 Å². The van der Waals surface area contributed by atoms with Gasteiger partial charge in [0.2, 0.25) is 0 Å². The number of ketones is 1. The molecule has 19 heavy (non-hydrogen) atoms. The summed E-state index contributed by atoms with van der Waals surface area (Å²) in [5.74, 6) is -0.427. The van der Waals surface area contributed by atoms with Crippen molar-refractivity contribution in [1.82, 2.24) is 0 Å². The predicted octanol–water partition coefficient (Wildman–Crippen LogP) is 2.22. The summed E-state index contributed by atoms with van der Waals surface area (Å²) in [4.78, 5) is 23.0. The highest BCUT2D eigenvalue weighted by Gasteiger charge is 2.09. The first-order valence-electron chi connectivity index (χ1n) is 6.23. The van der Waals surface area contributed by atoms with E-state index in [0.717, 1.165) is 5.56 Å². The Morgan fingerprint density at radius 1 is 1.21 bits per heavy atom. The minimum Gasteiger partial charge on any atom is -0.466 e. The molecule has 0 saturated carbocycles. The van der Waals surface area contributed by atoms with Crippen LogP contribution in [0.2, 0.25) is 0 Å². The van der Waals surface area contributed by atoms with Gasteiger partial charge in [-0.2, -0.15) is 0 Å². The first kappa shape index (κ1) is 15.1. The quantitative estimate of drug-likeness (QED) is 0.604. The van der Waals surface area contributed by atoms with Crippen LogP contribution in [-0.2, 0) is 9.53 Å². The largest absolute Gasteiger partial charge is 0.466 e. The predicted molar refractivity (Wildman–Crippen MR) is 72.8 cm³/mol. The third kappa shape index (κ3) is 5.48. The van der Waals surface area contributed by atoms with Gasteiger partial charge in [-0.1, -0.05) is 36.4 Å². The molecule has 0 amide bonds. The minimum absolute atomic E-state index is 0.0137. The van der Waals surface area contributed by atoms with Gasteiger partial charge in [0.05, 0.1) is 19.6 Å². The lowest BCUT2D eigenvalue weighted by Gasteiger charge is -2.02. The average Bonchev–Trinajstić information content (AvgIpc) is 2.43. The topological polar surface area (TPSA) is 63.6 Å². The van der Waals surface area contributed by atoms with Crippen molar-refractivity contribution in [1.29, 1.82) is 0 Å². The molecule has 1 aromatic rings. The Hall–Kier alpha value is -1.94. The molecule has 0 saturated heterocycles. The molecule has 0 fully saturated rings. The van der Waals surface area contributed by atoms with Crippen molar-refractivity contribution in [3.8, 4) is 0 Å². The second kappa shape index (κ2) is 8.21. The van der Waals surface area contributed by atoms with Crippen molar-refractivity contribution >= 4 is 17.8 Å². The number of hydrogen-bond acceptors (Lipinski definition) is 4. The zero-order valence-corrected chi connectivity index (χ0v) is 11.0. The molecule has 0 heterocycles. The van der Waals surface area contributed by atoms with Crippen LogP contribution in [0.1, 0.15) is 35.7 Å². The summed E-state index contributed by atoms with van der Waals surface area (Å²) >= 11 is 0. The van der Waals surface area contributed by atoms with Crippen LogP contribution in [0.25, 0.3) is 6.08 Å². The van der Waals surface area contributed by atoms with Gasteiger partial charge < -0.3 is 9.84 Å². The molecule has 1 N–H and O–H groups in total. The second-order valence-electron chi connectivity index (χ2n) is 3.94. The number of carbonyl (C=O) groups is 2. The molecule has 0 atom stereocenters. The number of aliphatic hydroxyl groups excluding tert-OH is 1. The minimum atomic E-state index is -0.349. The van der Waals surface area contributed by atoms with Gasteiger partial charge in [0.15, 0.2) is 5.78 Å². The van der Waals surface area contributed by atoms with E-state index in [1.54, 1.807) is 43.3 Å². The summed E-state index contributed by atoms with van der Waals surface area (Å²) in [6, 6.07) is 7.02. The van der Waals surface area contributed by atoms with Crippen LogP contribution in [0.3, 0.4) is 0 Å². The van der Waals surface area contributed by atoms with Crippen molar-refractivity contribution < 1.29 is 19.4 Å². The lowest BCUT2D eigenvalue weighted by Crippen LogP contribution is -2.07. The van der Waals surface area contributed by atoms with E-state index in [0.29, 0.717) is 12.2 Å². The number of benzene rings is 1. The zero-order chi connectivity index (χ0) is 14.1. The molecule has 0 aromatic heterocycles. The Labute approximate surface area is 112 Å². The fraction of sp³-hybridized carbons (Fsp3) is 0.333. The first-order chi connectivity index (χ1) is 9.17. The molecule has 0 bridgehead atoms. The molecule has 102 valence electrons. The summed E-state index contributed by atoms with van der Waals surface area (Å²) in [7, 11) is 0. The number of rotatable bonds is 7. The van der Waals surface area contributed by atoms with Gasteiger partial charge in [0.1, 0.15) is 0 Å². The molecular formula is C15H18O4. The standard InChI is InChI=1S/C15H18O4/c1-2-19-15(18)10-9-14(17)13-7-5-12(6-8-13)4-3-11-16/h3-8,16H,2,9-11H2,1H3.